The Morgan fingerprint density at radius 1 is 1.56 bits per heavy atom. The number of carbonyl (C=O) groups excluding carboxylic acids is 1. The molecule has 96 valence electrons. The topological polar surface area (TPSA) is 32.3 Å². The highest BCUT2D eigenvalue weighted by atomic mass is 19.1. The van der Waals surface area contributed by atoms with Crippen molar-refractivity contribution in [3.8, 4) is 0 Å². The van der Waals surface area contributed by atoms with Gasteiger partial charge in [0.05, 0.1) is 0 Å². The molecule has 1 fully saturated rings. The van der Waals surface area contributed by atoms with Crippen LogP contribution in [0.25, 0.3) is 0 Å². The van der Waals surface area contributed by atoms with Gasteiger partial charge < -0.3 is 10.2 Å². The van der Waals surface area contributed by atoms with Gasteiger partial charge >= 0.3 is 0 Å². The van der Waals surface area contributed by atoms with E-state index in [1.54, 1.807) is 12.1 Å². The van der Waals surface area contributed by atoms with E-state index in [2.05, 4.69) is 10.2 Å². The summed E-state index contributed by atoms with van der Waals surface area (Å²) in [6.07, 6.45) is 4.12. The molecule has 1 atom stereocenters. The van der Waals surface area contributed by atoms with E-state index in [0.717, 1.165) is 25.2 Å². The maximum Gasteiger partial charge on any atom is 0.243 e. The Morgan fingerprint density at radius 3 is 3.11 bits per heavy atom. The van der Waals surface area contributed by atoms with Crippen LogP contribution in [-0.2, 0) is 4.79 Å². The van der Waals surface area contributed by atoms with E-state index in [-0.39, 0.29) is 17.8 Å². The van der Waals surface area contributed by atoms with E-state index in [1.165, 1.54) is 18.2 Å². The highest BCUT2D eigenvalue weighted by molar-refractivity contribution is 5.87. The van der Waals surface area contributed by atoms with E-state index in [9.17, 15) is 9.18 Å². The molecule has 1 heterocycles. The van der Waals surface area contributed by atoms with E-state index in [1.807, 2.05) is 13.0 Å². The summed E-state index contributed by atoms with van der Waals surface area (Å²) in [7, 11) is 0. The molecule has 0 aromatic heterocycles. The summed E-state index contributed by atoms with van der Waals surface area (Å²) in [5, 5.41) is 2.93. The highest BCUT2D eigenvalue weighted by Crippen LogP contribution is 2.20. The zero-order valence-corrected chi connectivity index (χ0v) is 10.4. The first-order valence-corrected chi connectivity index (χ1v) is 6.13. The van der Waals surface area contributed by atoms with Crippen LogP contribution in [0.3, 0.4) is 0 Å². The first-order valence-electron chi connectivity index (χ1n) is 6.13. The van der Waals surface area contributed by atoms with Crippen LogP contribution in [0.5, 0.6) is 0 Å². The minimum atomic E-state index is -0.228. The Hall–Kier alpha value is -1.84. The quantitative estimate of drug-likeness (QED) is 0.831. The lowest BCUT2D eigenvalue weighted by Gasteiger charge is -2.18. The molecule has 1 aromatic rings. The monoisotopic (exact) mass is 248 g/mol. The maximum atomic E-state index is 13.1. The first-order chi connectivity index (χ1) is 8.69. The molecule has 1 unspecified atom stereocenters. The Morgan fingerprint density at radius 2 is 2.39 bits per heavy atom. The molecule has 1 aliphatic rings. The first kappa shape index (κ1) is 12.6. The summed E-state index contributed by atoms with van der Waals surface area (Å²) >= 11 is 0. The summed E-state index contributed by atoms with van der Waals surface area (Å²) in [5.74, 6) is -0.294. The third-order valence-corrected chi connectivity index (χ3v) is 3.03. The average molecular weight is 248 g/mol. The van der Waals surface area contributed by atoms with Crippen molar-refractivity contribution in [2.24, 2.45) is 0 Å². The van der Waals surface area contributed by atoms with Crippen LogP contribution in [-0.4, -0.2) is 25.0 Å². The fourth-order valence-electron chi connectivity index (χ4n) is 2.19. The second kappa shape index (κ2) is 5.67. The minimum Gasteiger partial charge on any atom is -0.369 e. The molecule has 0 spiro atoms. The van der Waals surface area contributed by atoms with Gasteiger partial charge in [-0.15, -0.1) is 0 Å². The van der Waals surface area contributed by atoms with Crippen LogP contribution in [0.15, 0.2) is 36.4 Å². The number of halogens is 1. The van der Waals surface area contributed by atoms with Crippen molar-refractivity contribution in [1.82, 2.24) is 5.32 Å². The number of nitrogens with one attached hydrogen (secondary N) is 1. The van der Waals surface area contributed by atoms with E-state index >= 15 is 0 Å². The van der Waals surface area contributed by atoms with Gasteiger partial charge in [0.2, 0.25) is 5.91 Å². The third kappa shape index (κ3) is 3.09. The largest absolute Gasteiger partial charge is 0.369 e. The maximum absolute atomic E-state index is 13.1. The molecule has 3 nitrogen and oxygen atoms in total. The normalized spacial score (nSPS) is 19.4. The second-order valence-electron chi connectivity index (χ2n) is 4.42. The number of amides is 1. The molecule has 1 saturated heterocycles. The lowest BCUT2D eigenvalue weighted by atomic mass is 10.2. The second-order valence-corrected chi connectivity index (χ2v) is 4.42. The van der Waals surface area contributed by atoms with Crippen molar-refractivity contribution in [1.29, 1.82) is 0 Å². The molecule has 0 saturated carbocycles. The number of allylic oxidation sites excluding steroid dienone is 1. The molecule has 1 amide bonds. The predicted molar refractivity (Wildman–Crippen MR) is 70.0 cm³/mol. The summed E-state index contributed by atoms with van der Waals surface area (Å²) in [6.45, 7) is 3.38. The van der Waals surface area contributed by atoms with Gasteiger partial charge in [-0.1, -0.05) is 12.1 Å². The van der Waals surface area contributed by atoms with Crippen molar-refractivity contribution < 1.29 is 9.18 Å². The van der Waals surface area contributed by atoms with Gasteiger partial charge in [0.25, 0.3) is 0 Å². The lowest BCUT2D eigenvalue weighted by molar-refractivity contribution is -0.117. The van der Waals surface area contributed by atoms with E-state index in [0.29, 0.717) is 0 Å². The van der Waals surface area contributed by atoms with Gasteiger partial charge in [-0.05, 0) is 37.6 Å². The molecule has 2 rings (SSSR count). The van der Waals surface area contributed by atoms with Crippen LogP contribution >= 0.6 is 0 Å². The summed E-state index contributed by atoms with van der Waals surface area (Å²) in [6, 6.07) is 6.69. The molecular weight excluding hydrogens is 231 g/mol. The van der Waals surface area contributed by atoms with Crippen molar-refractivity contribution in [2.45, 2.75) is 19.4 Å². The number of carbonyl (C=O) groups is 1. The molecule has 1 aliphatic heterocycles. The summed E-state index contributed by atoms with van der Waals surface area (Å²) in [4.78, 5) is 13.5. The standard InChI is InChI=1S/C14H17FN2O/c1-2-4-14(18)16-12-7-8-17(10-12)13-6-3-5-11(15)9-13/h2-6,9,12H,7-8,10H2,1H3,(H,16,18)/b4-2+. The lowest BCUT2D eigenvalue weighted by Crippen LogP contribution is -2.36. The average Bonchev–Trinajstić information content (AvgIpc) is 2.78. The van der Waals surface area contributed by atoms with Crippen LogP contribution in [0.2, 0.25) is 0 Å². The van der Waals surface area contributed by atoms with Gasteiger partial charge in [0.15, 0.2) is 0 Å². The SMILES string of the molecule is C/C=C/C(=O)NC1CCN(c2cccc(F)c2)C1. The van der Waals surface area contributed by atoms with Crippen LogP contribution in [0.1, 0.15) is 13.3 Å². The number of benzene rings is 1. The molecule has 4 heteroatoms. The van der Waals surface area contributed by atoms with Crippen LogP contribution < -0.4 is 10.2 Å². The van der Waals surface area contributed by atoms with E-state index in [4.69, 9.17) is 0 Å². The fraction of sp³-hybridized carbons (Fsp3) is 0.357. The zero-order valence-electron chi connectivity index (χ0n) is 10.4. The third-order valence-electron chi connectivity index (χ3n) is 3.03. The van der Waals surface area contributed by atoms with Gasteiger partial charge in [0, 0.05) is 24.8 Å². The summed E-state index contributed by atoms with van der Waals surface area (Å²) in [5.41, 5.74) is 0.873. The predicted octanol–water partition coefficient (Wildman–Crippen LogP) is 2.10. The van der Waals surface area contributed by atoms with Crippen molar-refractivity contribution in [2.75, 3.05) is 18.0 Å². The van der Waals surface area contributed by atoms with Crippen molar-refractivity contribution in [3.63, 3.8) is 0 Å². The fourth-order valence-corrected chi connectivity index (χ4v) is 2.19. The van der Waals surface area contributed by atoms with Crippen molar-refractivity contribution >= 4 is 11.6 Å². The Bertz CT molecular complexity index is 459. The summed E-state index contributed by atoms with van der Waals surface area (Å²) < 4.78 is 13.1. The number of anilines is 1. The number of hydrogen-bond acceptors (Lipinski definition) is 2. The van der Waals surface area contributed by atoms with Gasteiger partial charge in [-0.3, -0.25) is 4.79 Å². The number of hydrogen-bond donors (Lipinski definition) is 1. The Kier molecular flexibility index (Phi) is 3.97. The van der Waals surface area contributed by atoms with Crippen LogP contribution in [0, 0.1) is 5.82 Å². The van der Waals surface area contributed by atoms with E-state index < -0.39 is 0 Å². The molecule has 0 bridgehead atoms. The molecule has 1 N–H and O–H groups in total. The zero-order chi connectivity index (χ0) is 13.0. The van der Waals surface area contributed by atoms with Crippen LogP contribution in [0.4, 0.5) is 10.1 Å². The smallest absolute Gasteiger partial charge is 0.243 e. The van der Waals surface area contributed by atoms with Gasteiger partial charge in [-0.25, -0.2) is 4.39 Å². The number of nitrogens with zero attached hydrogens (tertiary/aromatic N) is 1. The van der Waals surface area contributed by atoms with Gasteiger partial charge in [-0.2, -0.15) is 0 Å². The molecule has 0 aliphatic carbocycles. The number of rotatable bonds is 3. The minimum absolute atomic E-state index is 0.0661. The molecule has 1 aromatic carbocycles. The highest BCUT2D eigenvalue weighted by Gasteiger charge is 2.23. The molecule has 18 heavy (non-hydrogen) atoms. The van der Waals surface area contributed by atoms with Crippen molar-refractivity contribution in [3.05, 3.63) is 42.2 Å². The molecule has 0 radical (unpaired) electrons. The van der Waals surface area contributed by atoms with Gasteiger partial charge in [0.1, 0.15) is 5.82 Å². The Labute approximate surface area is 106 Å². The molecular formula is C14H17FN2O. The Balaban J connectivity index is 1.94.